The molecule has 0 spiro atoms. The molecule has 2 aromatic rings. The summed E-state index contributed by atoms with van der Waals surface area (Å²) >= 11 is 0. The van der Waals surface area contributed by atoms with Crippen LogP contribution >= 0.6 is 0 Å². The van der Waals surface area contributed by atoms with Crippen molar-refractivity contribution >= 4 is 0 Å². The summed E-state index contributed by atoms with van der Waals surface area (Å²) < 4.78 is 36.3. The Morgan fingerprint density at radius 3 is 2.50 bits per heavy atom. The summed E-state index contributed by atoms with van der Waals surface area (Å²) in [4.78, 5) is 2.10. The highest BCUT2D eigenvalue weighted by Gasteiger charge is 2.34. The van der Waals surface area contributed by atoms with Gasteiger partial charge in [-0.25, -0.2) is 4.39 Å². The zero-order valence-electron chi connectivity index (χ0n) is 16.4. The molecule has 1 heterocycles. The Morgan fingerprint density at radius 1 is 1.07 bits per heavy atom. The summed E-state index contributed by atoms with van der Waals surface area (Å²) in [5, 5.41) is 9.87. The number of rotatable bonds is 7. The average Bonchev–Trinajstić information content (AvgIpc) is 2.74. The van der Waals surface area contributed by atoms with Crippen molar-refractivity contribution in [2.24, 2.45) is 0 Å². The third-order valence-corrected chi connectivity index (χ3v) is 5.02. The highest BCUT2D eigenvalue weighted by Crippen LogP contribution is 2.36. The van der Waals surface area contributed by atoms with Gasteiger partial charge >= 0.3 is 0 Å². The zero-order valence-corrected chi connectivity index (χ0v) is 16.4. The molecule has 28 heavy (non-hydrogen) atoms. The summed E-state index contributed by atoms with van der Waals surface area (Å²) in [6, 6.07) is 10.5. The summed E-state index contributed by atoms with van der Waals surface area (Å²) in [6.45, 7) is 1.28. The topological polar surface area (TPSA) is 60.4 Å². The number of aliphatic hydroxyl groups excluding tert-OH is 1. The molecule has 1 N–H and O–H groups in total. The van der Waals surface area contributed by atoms with E-state index >= 15 is 0 Å². The van der Waals surface area contributed by atoms with Gasteiger partial charge in [-0.1, -0.05) is 18.2 Å². The summed E-state index contributed by atoms with van der Waals surface area (Å²) in [5.41, 5.74) is 1.43. The van der Waals surface area contributed by atoms with E-state index in [0.29, 0.717) is 36.8 Å². The Bertz CT molecular complexity index is 800. The van der Waals surface area contributed by atoms with Crippen LogP contribution in [0, 0.1) is 5.82 Å². The van der Waals surface area contributed by atoms with E-state index < -0.39 is 6.10 Å². The van der Waals surface area contributed by atoms with Crippen molar-refractivity contribution in [3.05, 3.63) is 53.3 Å². The van der Waals surface area contributed by atoms with E-state index in [2.05, 4.69) is 4.90 Å². The van der Waals surface area contributed by atoms with Gasteiger partial charge in [0.2, 0.25) is 0 Å². The Morgan fingerprint density at radius 2 is 1.82 bits per heavy atom. The first-order valence-electron chi connectivity index (χ1n) is 9.12. The van der Waals surface area contributed by atoms with E-state index in [4.69, 9.17) is 18.9 Å². The molecule has 0 aromatic heterocycles. The van der Waals surface area contributed by atoms with Crippen LogP contribution < -0.4 is 14.2 Å². The number of nitrogens with zero attached hydrogens (tertiary/aromatic N) is 1. The van der Waals surface area contributed by atoms with Crippen LogP contribution in [0.1, 0.15) is 17.2 Å². The quantitative estimate of drug-likeness (QED) is 0.783. The van der Waals surface area contributed by atoms with Crippen molar-refractivity contribution in [3.63, 3.8) is 0 Å². The average molecular weight is 391 g/mol. The third-order valence-electron chi connectivity index (χ3n) is 5.02. The van der Waals surface area contributed by atoms with Crippen molar-refractivity contribution < 1.29 is 28.4 Å². The number of morpholine rings is 1. The highest BCUT2D eigenvalue weighted by molar-refractivity contribution is 5.44. The molecule has 1 aliphatic rings. The van der Waals surface area contributed by atoms with E-state index in [1.54, 1.807) is 32.4 Å². The number of hydrogen-bond acceptors (Lipinski definition) is 6. The number of methoxy groups -OCH3 is 3. The fourth-order valence-electron chi connectivity index (χ4n) is 3.63. The number of hydrogen-bond donors (Lipinski definition) is 1. The molecule has 1 saturated heterocycles. The van der Waals surface area contributed by atoms with E-state index in [-0.39, 0.29) is 24.2 Å². The molecule has 2 aromatic carbocycles. The van der Waals surface area contributed by atoms with Crippen LogP contribution in [0.5, 0.6) is 17.2 Å². The first-order chi connectivity index (χ1) is 13.6. The lowest BCUT2D eigenvalue weighted by Gasteiger charge is -2.41. The monoisotopic (exact) mass is 391 g/mol. The van der Waals surface area contributed by atoms with Crippen LogP contribution in [0.15, 0.2) is 36.4 Å². The van der Waals surface area contributed by atoms with E-state index in [1.807, 2.05) is 18.2 Å². The van der Waals surface area contributed by atoms with Gasteiger partial charge in [0, 0.05) is 18.7 Å². The summed E-state index contributed by atoms with van der Waals surface area (Å²) in [5.74, 6) is 1.05. The van der Waals surface area contributed by atoms with Crippen molar-refractivity contribution in [2.75, 3.05) is 41.1 Å². The minimum Gasteiger partial charge on any atom is -0.494 e. The van der Waals surface area contributed by atoms with Crippen LogP contribution in [0.25, 0.3) is 0 Å². The van der Waals surface area contributed by atoms with Crippen molar-refractivity contribution in [1.82, 2.24) is 4.90 Å². The lowest BCUT2D eigenvalue weighted by molar-refractivity contribution is -0.0963. The molecular formula is C21H26FNO5. The molecule has 0 unspecified atom stereocenters. The van der Waals surface area contributed by atoms with Crippen molar-refractivity contribution in [3.8, 4) is 17.2 Å². The lowest BCUT2D eigenvalue weighted by atomic mass is 9.97. The van der Waals surface area contributed by atoms with Gasteiger partial charge in [0.15, 0.2) is 23.1 Å². The number of benzene rings is 2. The predicted molar refractivity (Wildman–Crippen MR) is 102 cm³/mol. The second-order valence-electron chi connectivity index (χ2n) is 6.55. The van der Waals surface area contributed by atoms with E-state index in [0.717, 1.165) is 5.56 Å². The van der Waals surface area contributed by atoms with Gasteiger partial charge in [-0.15, -0.1) is 0 Å². The van der Waals surface area contributed by atoms with Crippen LogP contribution in [0.4, 0.5) is 4.39 Å². The molecule has 3 rings (SSSR count). The Hall–Kier alpha value is -2.35. The SMILES string of the molecule is COc1ccc([C@@H]2[C@@H](CO)OCCN2Cc2cccc(OC)c2F)cc1OC. The van der Waals surface area contributed by atoms with Gasteiger partial charge in [0.25, 0.3) is 0 Å². The fourth-order valence-corrected chi connectivity index (χ4v) is 3.63. The minimum absolute atomic E-state index is 0.143. The Kier molecular flexibility index (Phi) is 6.72. The third kappa shape index (κ3) is 4.06. The standard InChI is InChI=1S/C21H26FNO5/c1-25-16-8-7-14(11-18(16)27-3)21-19(13-24)28-10-9-23(21)12-15-5-4-6-17(26-2)20(15)22/h4-8,11,19,21,24H,9-10,12-13H2,1-3H3/t19-,21-/m1/s1. The fraction of sp³-hybridized carbons (Fsp3) is 0.429. The van der Waals surface area contributed by atoms with Gasteiger partial charge in [-0.3, -0.25) is 4.90 Å². The predicted octanol–water partition coefficient (Wildman–Crippen LogP) is 2.79. The molecule has 0 radical (unpaired) electrons. The molecule has 6 nitrogen and oxygen atoms in total. The molecule has 1 aliphatic heterocycles. The normalized spacial score (nSPS) is 20.0. The second kappa shape index (κ2) is 9.23. The maximum atomic E-state index is 14.7. The maximum Gasteiger partial charge on any atom is 0.169 e. The van der Waals surface area contributed by atoms with Crippen LogP contribution in [-0.2, 0) is 11.3 Å². The van der Waals surface area contributed by atoms with Crippen LogP contribution in [0.2, 0.25) is 0 Å². The molecule has 0 amide bonds. The first-order valence-corrected chi connectivity index (χ1v) is 9.12. The molecule has 7 heteroatoms. The minimum atomic E-state index is -0.430. The van der Waals surface area contributed by atoms with Crippen LogP contribution in [0.3, 0.4) is 0 Å². The van der Waals surface area contributed by atoms with Gasteiger partial charge in [0.05, 0.1) is 40.6 Å². The number of ether oxygens (including phenoxy) is 4. The molecule has 1 fully saturated rings. The highest BCUT2D eigenvalue weighted by atomic mass is 19.1. The first kappa shape index (κ1) is 20.4. The summed E-state index contributed by atoms with van der Waals surface area (Å²) in [6.07, 6.45) is -0.430. The van der Waals surface area contributed by atoms with Crippen molar-refractivity contribution in [1.29, 1.82) is 0 Å². The maximum absolute atomic E-state index is 14.7. The molecule has 152 valence electrons. The van der Waals surface area contributed by atoms with Gasteiger partial charge in [0.1, 0.15) is 6.10 Å². The van der Waals surface area contributed by atoms with Crippen LogP contribution in [-0.4, -0.2) is 57.2 Å². The summed E-state index contributed by atoms with van der Waals surface area (Å²) in [7, 11) is 4.60. The smallest absolute Gasteiger partial charge is 0.169 e. The number of halogens is 1. The molecule has 0 saturated carbocycles. The van der Waals surface area contributed by atoms with E-state index in [9.17, 15) is 9.50 Å². The Labute approximate surface area is 164 Å². The van der Waals surface area contributed by atoms with Gasteiger partial charge < -0.3 is 24.1 Å². The van der Waals surface area contributed by atoms with Crippen molar-refractivity contribution in [2.45, 2.75) is 18.7 Å². The molecule has 0 aliphatic carbocycles. The van der Waals surface area contributed by atoms with Gasteiger partial charge in [-0.05, 0) is 23.8 Å². The lowest BCUT2D eigenvalue weighted by Crippen LogP contribution is -2.46. The molecule has 2 atom stereocenters. The van der Waals surface area contributed by atoms with E-state index in [1.165, 1.54) is 7.11 Å². The second-order valence-corrected chi connectivity index (χ2v) is 6.55. The van der Waals surface area contributed by atoms with Gasteiger partial charge in [-0.2, -0.15) is 0 Å². The number of aliphatic hydroxyl groups is 1. The zero-order chi connectivity index (χ0) is 20.1. The Balaban J connectivity index is 1.95. The molecule has 0 bridgehead atoms. The molecular weight excluding hydrogens is 365 g/mol. The largest absolute Gasteiger partial charge is 0.494 e.